The molecule has 1 unspecified atom stereocenters. The van der Waals surface area contributed by atoms with Crippen LogP contribution in [-0.2, 0) is 0 Å². The van der Waals surface area contributed by atoms with Gasteiger partial charge in [0, 0.05) is 49.0 Å². The molecule has 10 aromatic rings. The number of para-hydroxylation sites is 4. The summed E-state index contributed by atoms with van der Waals surface area (Å²) in [4.78, 5) is 17.7. The van der Waals surface area contributed by atoms with Gasteiger partial charge in [-0.15, -0.1) is 0 Å². The summed E-state index contributed by atoms with van der Waals surface area (Å²) in [5, 5.41) is 4.67. The van der Waals surface area contributed by atoms with Crippen LogP contribution in [0.5, 0.6) is 0 Å². The maximum absolute atomic E-state index is 6.96. The zero-order chi connectivity index (χ0) is 37.5. The number of aromatic nitrogens is 4. The molecular weight excluding hydrogens is 717 g/mol. The van der Waals surface area contributed by atoms with Gasteiger partial charge in [0.2, 0.25) is 0 Å². The van der Waals surface area contributed by atoms with E-state index in [1.807, 2.05) is 72.4 Å². The second-order valence-electron chi connectivity index (χ2n) is 14.7. The Morgan fingerprint density at radius 1 is 0.509 bits per heavy atom. The van der Waals surface area contributed by atoms with Gasteiger partial charge in [0.25, 0.3) is 0 Å². The van der Waals surface area contributed by atoms with Crippen molar-refractivity contribution in [2.24, 2.45) is 0 Å². The molecule has 0 spiro atoms. The molecule has 0 radical (unpaired) electrons. The number of fused-ring (bicyclic) bond motifs is 9. The molecule has 0 amide bonds. The second kappa shape index (κ2) is 12.8. The van der Waals surface area contributed by atoms with E-state index in [1.165, 1.54) is 48.4 Å². The number of hydrogen-bond acceptors (Lipinski definition) is 5. The standard InChI is InChI=1S/C51H32N4OS/c1-3-14-31(15-4-1)49-52-50(32-16-5-2-6-17-32)54-51(53-49)40-23-12-22-38-37-21-11-20-34(47(37)56-48(38)40)33-28-29-39-45(30-33)57-44-27-13-26-43(46(39)44)55-41-24-9-7-18-35(41)36-19-8-10-25-42(36)55/h1-28,30,39H,29H2. The van der Waals surface area contributed by atoms with Crippen LogP contribution >= 0.6 is 11.8 Å². The SMILES string of the molecule is C1=C(c2cccc3c2oc2c(-c4nc(-c5ccccc5)nc(-c5ccccc5)n4)cccc23)C=C2Sc3cccc(-n4c5ccccc5c5ccccc54)c3C2C1. The van der Waals surface area contributed by atoms with E-state index in [2.05, 4.69) is 120 Å². The first-order valence-corrected chi connectivity index (χ1v) is 20.1. The van der Waals surface area contributed by atoms with E-state index in [0.717, 1.165) is 50.6 Å². The van der Waals surface area contributed by atoms with Gasteiger partial charge >= 0.3 is 0 Å². The number of rotatable bonds is 5. The van der Waals surface area contributed by atoms with E-state index in [4.69, 9.17) is 19.4 Å². The second-order valence-corrected chi connectivity index (χ2v) is 15.8. The summed E-state index contributed by atoms with van der Waals surface area (Å²) in [6, 6.07) is 57.2. The average molecular weight is 749 g/mol. The molecule has 1 atom stereocenters. The van der Waals surface area contributed by atoms with Crippen LogP contribution in [-0.4, -0.2) is 19.5 Å². The fourth-order valence-electron chi connectivity index (χ4n) is 8.85. The van der Waals surface area contributed by atoms with Gasteiger partial charge in [0.05, 0.1) is 22.3 Å². The fourth-order valence-corrected chi connectivity index (χ4v) is 10.2. The topological polar surface area (TPSA) is 56.7 Å². The number of benzene rings is 7. The van der Waals surface area contributed by atoms with Gasteiger partial charge in [0.1, 0.15) is 11.2 Å². The molecular formula is C51H32N4OS. The minimum atomic E-state index is 0.285. The maximum atomic E-state index is 6.96. The summed E-state index contributed by atoms with van der Waals surface area (Å²) in [5.41, 5.74) is 11.8. The third kappa shape index (κ3) is 5.07. The van der Waals surface area contributed by atoms with E-state index < -0.39 is 0 Å². The van der Waals surface area contributed by atoms with Gasteiger partial charge in [-0.1, -0.05) is 151 Å². The predicted octanol–water partition coefficient (Wildman–Crippen LogP) is 13.4. The zero-order valence-corrected chi connectivity index (χ0v) is 31.4. The summed E-state index contributed by atoms with van der Waals surface area (Å²) < 4.78 is 9.43. The van der Waals surface area contributed by atoms with Crippen molar-refractivity contribution in [1.82, 2.24) is 19.5 Å². The van der Waals surface area contributed by atoms with E-state index >= 15 is 0 Å². The van der Waals surface area contributed by atoms with Crippen LogP contribution in [0.25, 0.3) is 89.2 Å². The van der Waals surface area contributed by atoms with Gasteiger partial charge in [0.15, 0.2) is 17.5 Å². The molecule has 0 fully saturated rings. The van der Waals surface area contributed by atoms with Crippen molar-refractivity contribution < 1.29 is 4.42 Å². The summed E-state index contributed by atoms with van der Waals surface area (Å²) in [7, 11) is 0. The highest BCUT2D eigenvalue weighted by molar-refractivity contribution is 8.03. The van der Waals surface area contributed by atoms with Gasteiger partial charge < -0.3 is 8.98 Å². The number of thioether (sulfide) groups is 1. The van der Waals surface area contributed by atoms with Gasteiger partial charge in [-0.25, -0.2) is 15.0 Å². The van der Waals surface area contributed by atoms with E-state index in [0.29, 0.717) is 17.5 Å². The van der Waals surface area contributed by atoms with Crippen molar-refractivity contribution in [3.63, 3.8) is 0 Å². The predicted molar refractivity (Wildman–Crippen MR) is 233 cm³/mol. The number of nitrogens with zero attached hydrogens (tertiary/aromatic N) is 4. The lowest BCUT2D eigenvalue weighted by atomic mass is 9.87. The molecule has 3 aromatic heterocycles. The van der Waals surface area contributed by atoms with Gasteiger partial charge in [-0.2, -0.15) is 0 Å². The molecule has 2 aliphatic rings. The van der Waals surface area contributed by atoms with E-state index in [1.54, 1.807) is 0 Å². The third-order valence-electron chi connectivity index (χ3n) is 11.4. The Morgan fingerprint density at radius 3 is 1.72 bits per heavy atom. The molecule has 5 nitrogen and oxygen atoms in total. The van der Waals surface area contributed by atoms with Crippen LogP contribution in [0, 0.1) is 0 Å². The van der Waals surface area contributed by atoms with Crippen LogP contribution < -0.4 is 0 Å². The Bertz CT molecular complexity index is 3190. The minimum Gasteiger partial charge on any atom is -0.455 e. The van der Waals surface area contributed by atoms with E-state index in [9.17, 15) is 0 Å². The highest BCUT2D eigenvalue weighted by Gasteiger charge is 2.34. The first kappa shape index (κ1) is 32.2. The Kier molecular flexibility index (Phi) is 7.22. The van der Waals surface area contributed by atoms with E-state index in [-0.39, 0.29) is 5.92 Å². The summed E-state index contributed by atoms with van der Waals surface area (Å²) in [5.74, 6) is 2.11. The summed E-state index contributed by atoms with van der Waals surface area (Å²) in [6.07, 6.45) is 5.70. The molecule has 0 saturated carbocycles. The van der Waals surface area contributed by atoms with Crippen LogP contribution in [0.3, 0.4) is 0 Å². The maximum Gasteiger partial charge on any atom is 0.167 e. The lowest BCUT2D eigenvalue weighted by molar-refractivity contribution is 0.668. The first-order valence-electron chi connectivity index (χ1n) is 19.3. The molecule has 0 N–H and O–H groups in total. The molecule has 4 heterocycles. The molecule has 1 aliphatic carbocycles. The molecule has 7 aromatic carbocycles. The third-order valence-corrected chi connectivity index (χ3v) is 12.6. The molecule has 268 valence electrons. The monoisotopic (exact) mass is 748 g/mol. The van der Waals surface area contributed by atoms with Crippen LogP contribution in [0.15, 0.2) is 190 Å². The van der Waals surface area contributed by atoms with Crippen LogP contribution in [0.1, 0.15) is 23.5 Å². The number of allylic oxidation sites excluding steroid dienone is 4. The Hall–Kier alpha value is -7.02. The molecule has 57 heavy (non-hydrogen) atoms. The zero-order valence-electron chi connectivity index (χ0n) is 30.6. The molecule has 12 rings (SSSR count). The first-order chi connectivity index (χ1) is 28.3. The average Bonchev–Trinajstić information content (AvgIpc) is 3.96. The fraction of sp³-hybridized carbons (Fsp3) is 0.0392. The lowest BCUT2D eigenvalue weighted by Gasteiger charge is -2.21. The lowest BCUT2D eigenvalue weighted by Crippen LogP contribution is -2.05. The molecule has 1 aliphatic heterocycles. The highest BCUT2D eigenvalue weighted by atomic mass is 32.2. The van der Waals surface area contributed by atoms with Crippen molar-refractivity contribution in [3.05, 3.63) is 192 Å². The molecule has 6 heteroatoms. The minimum absolute atomic E-state index is 0.285. The van der Waals surface area contributed by atoms with Crippen molar-refractivity contribution in [1.29, 1.82) is 0 Å². The Morgan fingerprint density at radius 2 is 1.05 bits per heavy atom. The Balaban J connectivity index is 0.964. The Labute approximate surface area is 332 Å². The number of furan rings is 1. The molecule has 0 saturated heterocycles. The quantitative estimate of drug-likeness (QED) is 0.175. The van der Waals surface area contributed by atoms with Crippen molar-refractivity contribution in [2.45, 2.75) is 17.2 Å². The van der Waals surface area contributed by atoms with Crippen molar-refractivity contribution in [2.75, 3.05) is 0 Å². The summed E-state index contributed by atoms with van der Waals surface area (Å²) in [6.45, 7) is 0. The van der Waals surface area contributed by atoms with Crippen LogP contribution in [0.2, 0.25) is 0 Å². The molecule has 0 bridgehead atoms. The van der Waals surface area contributed by atoms with Crippen LogP contribution in [0.4, 0.5) is 0 Å². The highest BCUT2D eigenvalue weighted by Crippen LogP contribution is 2.56. The largest absolute Gasteiger partial charge is 0.455 e. The van der Waals surface area contributed by atoms with Crippen molar-refractivity contribution in [3.8, 4) is 39.9 Å². The van der Waals surface area contributed by atoms with Gasteiger partial charge in [-0.3, -0.25) is 0 Å². The van der Waals surface area contributed by atoms with Gasteiger partial charge in [-0.05, 0) is 58.9 Å². The number of hydrogen-bond donors (Lipinski definition) is 0. The van der Waals surface area contributed by atoms with Crippen molar-refractivity contribution >= 4 is 61.1 Å². The normalized spacial score (nSPS) is 14.9. The smallest absolute Gasteiger partial charge is 0.167 e. The summed E-state index contributed by atoms with van der Waals surface area (Å²) >= 11 is 1.90.